The first kappa shape index (κ1) is 29.5. The monoisotopic (exact) mass is 538 g/mol. The molecule has 1 amide bonds. The van der Waals surface area contributed by atoms with Gasteiger partial charge in [0.1, 0.15) is 5.88 Å². The molecule has 0 aliphatic heterocycles. The van der Waals surface area contributed by atoms with Gasteiger partial charge in [-0.2, -0.15) is 0 Å². The largest absolute Gasteiger partial charge is 0.399 e. The molecule has 0 unspecified atom stereocenters. The first-order chi connectivity index (χ1) is 16.9. The van der Waals surface area contributed by atoms with Gasteiger partial charge in [-0.05, 0) is 84.5 Å². The highest BCUT2D eigenvalue weighted by molar-refractivity contribution is 6.67. The van der Waals surface area contributed by atoms with Crippen LogP contribution in [0.1, 0.15) is 87.2 Å². The van der Waals surface area contributed by atoms with E-state index < -0.39 is 5.24 Å². The van der Waals surface area contributed by atoms with Crippen LogP contribution in [0.15, 0.2) is 48.5 Å². The van der Waals surface area contributed by atoms with Crippen LogP contribution in [0.2, 0.25) is 0 Å². The standard InChI is InChI=1S/C14H18ClNO.C12H17N.C2H2Cl2O/c15-10-14(17)16-13-8-6-12(7-9-13)11-4-2-1-3-5-11;13-12-8-6-11(7-9-12)10-4-2-1-3-5-10;3-1-2(4)5/h6-9,11H,1-5,10H2,(H,16,17);6-10H,1-5,13H2;1H2. The van der Waals surface area contributed by atoms with Crippen molar-refractivity contribution in [2.24, 2.45) is 0 Å². The molecule has 0 heterocycles. The molecule has 192 valence electrons. The zero-order valence-corrected chi connectivity index (χ0v) is 22.6. The van der Waals surface area contributed by atoms with E-state index in [-0.39, 0.29) is 17.7 Å². The van der Waals surface area contributed by atoms with Crippen molar-refractivity contribution in [2.75, 3.05) is 22.8 Å². The summed E-state index contributed by atoms with van der Waals surface area (Å²) in [4.78, 5) is 20.6. The number of nitrogen functional groups attached to an aromatic ring is 1. The van der Waals surface area contributed by atoms with Crippen molar-refractivity contribution in [1.29, 1.82) is 0 Å². The minimum atomic E-state index is -0.508. The van der Waals surface area contributed by atoms with Crippen molar-refractivity contribution in [3.63, 3.8) is 0 Å². The Balaban J connectivity index is 0.000000212. The molecule has 0 spiro atoms. The fourth-order valence-electron chi connectivity index (χ4n) is 4.67. The van der Waals surface area contributed by atoms with Crippen LogP contribution in [0.5, 0.6) is 0 Å². The van der Waals surface area contributed by atoms with Crippen LogP contribution in [0.4, 0.5) is 11.4 Å². The Labute approximate surface area is 224 Å². The van der Waals surface area contributed by atoms with Crippen LogP contribution < -0.4 is 11.1 Å². The van der Waals surface area contributed by atoms with Gasteiger partial charge in [-0.25, -0.2) is 0 Å². The molecule has 7 heteroatoms. The average molecular weight is 540 g/mol. The fraction of sp³-hybridized carbons (Fsp3) is 0.500. The van der Waals surface area contributed by atoms with E-state index in [1.165, 1.54) is 75.3 Å². The Kier molecular flexibility index (Phi) is 14.2. The third-order valence-corrected chi connectivity index (χ3v) is 7.27. The van der Waals surface area contributed by atoms with Crippen LogP contribution in [-0.2, 0) is 9.59 Å². The molecule has 0 aromatic heterocycles. The number of hydrogen-bond donors (Lipinski definition) is 2. The number of nitrogens with one attached hydrogen (secondary N) is 1. The first-order valence-corrected chi connectivity index (χ1v) is 13.9. The minimum absolute atomic E-state index is 0.00434. The number of alkyl halides is 2. The van der Waals surface area contributed by atoms with E-state index >= 15 is 0 Å². The molecule has 3 N–H and O–H groups in total. The summed E-state index contributed by atoms with van der Waals surface area (Å²) in [5, 5.41) is 2.24. The zero-order chi connectivity index (χ0) is 25.5. The Morgan fingerprint density at radius 1 is 0.714 bits per heavy atom. The summed E-state index contributed by atoms with van der Waals surface area (Å²) in [5.74, 6) is 1.26. The highest BCUT2D eigenvalue weighted by atomic mass is 35.5. The second kappa shape index (κ2) is 16.8. The zero-order valence-electron chi connectivity index (χ0n) is 20.3. The van der Waals surface area contributed by atoms with Gasteiger partial charge in [0.15, 0.2) is 0 Å². The topological polar surface area (TPSA) is 72.2 Å². The normalized spacial score (nSPS) is 16.2. The fourth-order valence-corrected chi connectivity index (χ4v) is 4.74. The molecule has 0 saturated heterocycles. The highest BCUT2D eigenvalue weighted by Gasteiger charge is 2.15. The molecule has 4 nitrogen and oxygen atoms in total. The smallest absolute Gasteiger partial charge is 0.239 e. The van der Waals surface area contributed by atoms with Gasteiger partial charge in [-0.3, -0.25) is 9.59 Å². The molecule has 2 fully saturated rings. The van der Waals surface area contributed by atoms with Gasteiger partial charge in [0.2, 0.25) is 11.1 Å². The molecule has 2 aliphatic rings. The van der Waals surface area contributed by atoms with Gasteiger partial charge in [0, 0.05) is 11.4 Å². The van der Waals surface area contributed by atoms with E-state index in [0.717, 1.165) is 17.3 Å². The summed E-state index contributed by atoms with van der Waals surface area (Å²) in [6.07, 6.45) is 13.6. The summed E-state index contributed by atoms with van der Waals surface area (Å²) >= 11 is 15.0. The lowest BCUT2D eigenvalue weighted by molar-refractivity contribution is -0.114. The van der Waals surface area contributed by atoms with Gasteiger partial charge in [-0.1, -0.05) is 62.8 Å². The van der Waals surface area contributed by atoms with E-state index in [9.17, 15) is 9.59 Å². The number of halogens is 3. The Morgan fingerprint density at radius 2 is 1.11 bits per heavy atom. The number of nitrogens with two attached hydrogens (primary N) is 1. The van der Waals surface area contributed by atoms with Crippen molar-refractivity contribution >= 4 is 57.3 Å². The second-order valence-corrected chi connectivity index (χ2v) is 10.1. The number of carbonyl (C=O) groups excluding carboxylic acids is 2. The molecule has 4 rings (SSSR count). The maximum atomic E-state index is 11.1. The van der Waals surface area contributed by atoms with E-state index in [1.807, 2.05) is 24.3 Å². The summed E-state index contributed by atoms with van der Waals surface area (Å²) in [7, 11) is 0. The molecule has 0 bridgehead atoms. The van der Waals surface area contributed by atoms with Crippen LogP contribution in [-0.4, -0.2) is 22.9 Å². The van der Waals surface area contributed by atoms with Crippen molar-refractivity contribution in [3.05, 3.63) is 59.7 Å². The minimum Gasteiger partial charge on any atom is -0.399 e. The molecule has 2 aromatic carbocycles. The van der Waals surface area contributed by atoms with Gasteiger partial charge in [0.05, 0.1) is 5.88 Å². The third-order valence-electron chi connectivity index (χ3n) is 6.51. The predicted molar refractivity (Wildman–Crippen MR) is 150 cm³/mol. The van der Waals surface area contributed by atoms with Crippen molar-refractivity contribution in [1.82, 2.24) is 0 Å². The lowest BCUT2D eigenvalue weighted by Crippen LogP contribution is -2.12. The van der Waals surface area contributed by atoms with Crippen LogP contribution in [0.25, 0.3) is 0 Å². The summed E-state index contributed by atoms with van der Waals surface area (Å²) in [6.45, 7) is 0. The number of carbonyl (C=O) groups is 2. The number of hydrogen-bond acceptors (Lipinski definition) is 3. The Morgan fingerprint density at radius 3 is 1.49 bits per heavy atom. The van der Waals surface area contributed by atoms with Crippen molar-refractivity contribution < 1.29 is 9.59 Å². The molecule has 2 aromatic rings. The quantitative estimate of drug-likeness (QED) is 0.228. The van der Waals surface area contributed by atoms with Crippen LogP contribution in [0, 0.1) is 0 Å². The molecule has 35 heavy (non-hydrogen) atoms. The van der Waals surface area contributed by atoms with E-state index in [4.69, 9.17) is 40.5 Å². The first-order valence-electron chi connectivity index (χ1n) is 12.5. The van der Waals surface area contributed by atoms with E-state index in [1.54, 1.807) is 0 Å². The maximum absolute atomic E-state index is 11.1. The number of anilines is 2. The molecule has 2 aliphatic carbocycles. The van der Waals surface area contributed by atoms with Gasteiger partial charge >= 0.3 is 0 Å². The Hall–Kier alpha value is -1.75. The predicted octanol–water partition coefficient (Wildman–Crippen LogP) is 8.22. The van der Waals surface area contributed by atoms with Gasteiger partial charge in [-0.15, -0.1) is 23.2 Å². The lowest BCUT2D eigenvalue weighted by atomic mass is 9.84. The number of rotatable bonds is 5. The second-order valence-electron chi connectivity index (χ2n) is 9.13. The van der Waals surface area contributed by atoms with E-state index in [2.05, 4.69) is 29.6 Å². The molecule has 0 atom stereocenters. The molecular formula is C28H37Cl3N2O2. The molecule has 2 saturated carbocycles. The van der Waals surface area contributed by atoms with Crippen molar-refractivity contribution in [2.45, 2.75) is 76.0 Å². The van der Waals surface area contributed by atoms with Gasteiger partial charge in [0.25, 0.3) is 0 Å². The highest BCUT2D eigenvalue weighted by Crippen LogP contribution is 2.33. The summed E-state index contributed by atoms with van der Waals surface area (Å²) < 4.78 is 0. The average Bonchev–Trinajstić information content (AvgIpc) is 2.91. The van der Waals surface area contributed by atoms with Crippen LogP contribution >= 0.6 is 34.8 Å². The summed E-state index contributed by atoms with van der Waals surface area (Å²) in [5.41, 5.74) is 10.2. The maximum Gasteiger partial charge on any atom is 0.239 e. The van der Waals surface area contributed by atoms with Crippen LogP contribution in [0.3, 0.4) is 0 Å². The number of benzene rings is 2. The van der Waals surface area contributed by atoms with Crippen molar-refractivity contribution in [3.8, 4) is 0 Å². The van der Waals surface area contributed by atoms with E-state index in [0.29, 0.717) is 5.92 Å². The number of amides is 1. The molecule has 0 radical (unpaired) electrons. The third kappa shape index (κ3) is 11.7. The Bertz CT molecular complexity index is 876. The SMILES string of the molecule is Nc1ccc(C2CCCCC2)cc1.O=C(CCl)Nc1ccc(C2CCCCC2)cc1.O=C(Cl)CCl. The van der Waals surface area contributed by atoms with Gasteiger partial charge < -0.3 is 11.1 Å². The lowest BCUT2D eigenvalue weighted by Gasteiger charge is -2.22. The summed E-state index contributed by atoms with van der Waals surface area (Å²) in [6, 6.07) is 16.6. The molecular weight excluding hydrogens is 503 g/mol.